The SMILES string of the molecule is CC(C)OP(=S)(OC(=S)c1ccccc1)OC(C)C. The Morgan fingerprint density at radius 3 is 1.89 bits per heavy atom. The summed E-state index contributed by atoms with van der Waals surface area (Å²) in [6.07, 6.45) is -0.161. The third-order valence-electron chi connectivity index (χ3n) is 1.88. The summed E-state index contributed by atoms with van der Waals surface area (Å²) in [5.41, 5.74) is 0.798. The minimum absolute atomic E-state index is 0.0804. The molecule has 1 rings (SSSR count). The highest BCUT2D eigenvalue weighted by Crippen LogP contribution is 2.52. The molecule has 0 aromatic heterocycles. The first kappa shape index (κ1) is 16.7. The predicted molar refractivity (Wildman–Crippen MR) is 86.0 cm³/mol. The molecule has 0 N–H and O–H groups in total. The second kappa shape index (κ2) is 7.46. The van der Waals surface area contributed by atoms with Crippen LogP contribution in [0.4, 0.5) is 0 Å². The van der Waals surface area contributed by atoms with Gasteiger partial charge in [0, 0.05) is 17.4 Å². The monoisotopic (exact) mass is 318 g/mol. The van der Waals surface area contributed by atoms with Crippen LogP contribution >= 0.6 is 18.9 Å². The van der Waals surface area contributed by atoms with E-state index in [1.54, 1.807) is 0 Å². The topological polar surface area (TPSA) is 27.7 Å². The molecule has 19 heavy (non-hydrogen) atoms. The Morgan fingerprint density at radius 2 is 1.47 bits per heavy atom. The van der Waals surface area contributed by atoms with Gasteiger partial charge in [-0.15, -0.1) is 0 Å². The molecule has 6 heteroatoms. The van der Waals surface area contributed by atoms with E-state index in [4.69, 9.17) is 37.6 Å². The Labute approximate surface area is 125 Å². The molecule has 106 valence electrons. The Bertz CT molecular complexity index is 446. The molecular weight excluding hydrogens is 299 g/mol. The lowest BCUT2D eigenvalue weighted by molar-refractivity contribution is 0.139. The lowest BCUT2D eigenvalue weighted by atomic mass is 10.2. The summed E-state index contributed by atoms with van der Waals surface area (Å²) in [4.78, 5) is 0. The lowest BCUT2D eigenvalue weighted by Crippen LogP contribution is -2.12. The third-order valence-corrected chi connectivity index (χ3v) is 4.83. The van der Waals surface area contributed by atoms with Crippen molar-refractivity contribution >= 4 is 35.8 Å². The average Bonchev–Trinajstić information content (AvgIpc) is 2.27. The minimum Gasteiger partial charge on any atom is -0.412 e. The van der Waals surface area contributed by atoms with Crippen LogP contribution in [-0.4, -0.2) is 17.3 Å². The third kappa shape index (κ3) is 6.11. The highest BCUT2D eigenvalue weighted by atomic mass is 32.5. The van der Waals surface area contributed by atoms with Gasteiger partial charge in [-0.2, -0.15) is 0 Å². The first-order chi connectivity index (χ1) is 8.82. The van der Waals surface area contributed by atoms with Gasteiger partial charge in [0.25, 0.3) is 0 Å². The molecule has 0 atom stereocenters. The summed E-state index contributed by atoms with van der Waals surface area (Å²) < 4.78 is 16.9. The van der Waals surface area contributed by atoms with Crippen molar-refractivity contribution in [3.8, 4) is 0 Å². The van der Waals surface area contributed by atoms with Crippen molar-refractivity contribution in [3.63, 3.8) is 0 Å². The first-order valence-electron chi connectivity index (χ1n) is 6.08. The summed E-state index contributed by atoms with van der Waals surface area (Å²) in [6, 6.07) is 9.43. The normalized spacial score (nSPS) is 11.9. The maximum atomic E-state index is 5.66. The van der Waals surface area contributed by atoms with Crippen LogP contribution in [0, 0.1) is 0 Å². The Hall–Kier alpha value is -0.320. The van der Waals surface area contributed by atoms with Gasteiger partial charge in [0.1, 0.15) is 0 Å². The van der Waals surface area contributed by atoms with Crippen molar-refractivity contribution in [2.45, 2.75) is 39.9 Å². The van der Waals surface area contributed by atoms with Gasteiger partial charge in [0.2, 0.25) is 0 Å². The molecule has 0 saturated carbocycles. The standard InChI is InChI=1S/C13H19O3PS2/c1-10(2)14-17(19,15-11(3)4)16-13(18)12-8-6-5-7-9-12/h5-11H,1-4H3. The number of rotatable bonds is 6. The van der Waals surface area contributed by atoms with Gasteiger partial charge in [0.15, 0.2) is 5.05 Å². The molecule has 0 unspecified atom stereocenters. The summed E-state index contributed by atoms with van der Waals surface area (Å²) >= 11 is 10.6. The number of hydrogen-bond donors (Lipinski definition) is 0. The smallest absolute Gasteiger partial charge is 0.381 e. The molecule has 0 radical (unpaired) electrons. The zero-order valence-corrected chi connectivity index (χ0v) is 14.1. The molecule has 0 bridgehead atoms. The minimum atomic E-state index is -2.86. The van der Waals surface area contributed by atoms with E-state index >= 15 is 0 Å². The summed E-state index contributed by atoms with van der Waals surface area (Å²) in [5.74, 6) is 0. The van der Waals surface area contributed by atoms with E-state index in [0.29, 0.717) is 5.05 Å². The predicted octanol–water partition coefficient (Wildman–Crippen LogP) is 4.45. The molecule has 0 fully saturated rings. The maximum absolute atomic E-state index is 5.66. The van der Waals surface area contributed by atoms with Gasteiger partial charge in [0.05, 0.1) is 12.2 Å². The molecule has 0 aliphatic rings. The van der Waals surface area contributed by atoms with Crippen LogP contribution in [0.1, 0.15) is 33.3 Å². The average molecular weight is 318 g/mol. The molecular formula is C13H19O3PS2. The molecule has 0 heterocycles. The van der Waals surface area contributed by atoms with Crippen molar-refractivity contribution in [2.75, 3.05) is 0 Å². The molecule has 0 aliphatic carbocycles. The Kier molecular flexibility index (Phi) is 6.57. The van der Waals surface area contributed by atoms with E-state index in [1.165, 1.54) is 0 Å². The van der Waals surface area contributed by atoms with Gasteiger partial charge in [-0.25, -0.2) is 0 Å². The van der Waals surface area contributed by atoms with Crippen molar-refractivity contribution in [1.82, 2.24) is 0 Å². The maximum Gasteiger partial charge on any atom is 0.381 e. The van der Waals surface area contributed by atoms with Gasteiger partial charge in [-0.3, -0.25) is 9.05 Å². The number of hydrogen-bond acceptors (Lipinski definition) is 5. The highest BCUT2D eigenvalue weighted by molar-refractivity contribution is 8.08. The van der Waals surface area contributed by atoms with Crippen LogP contribution in [0.25, 0.3) is 0 Å². The van der Waals surface area contributed by atoms with Crippen LogP contribution in [0.5, 0.6) is 0 Å². The number of benzene rings is 1. The Balaban J connectivity index is 2.83. The molecule has 0 spiro atoms. The van der Waals surface area contributed by atoms with E-state index in [2.05, 4.69) is 0 Å². The van der Waals surface area contributed by atoms with Crippen molar-refractivity contribution in [2.24, 2.45) is 0 Å². The van der Waals surface area contributed by atoms with Gasteiger partial charge in [-0.1, -0.05) is 30.3 Å². The lowest BCUT2D eigenvalue weighted by Gasteiger charge is -2.26. The van der Waals surface area contributed by atoms with Crippen molar-refractivity contribution in [3.05, 3.63) is 35.9 Å². The largest absolute Gasteiger partial charge is 0.412 e. The zero-order valence-electron chi connectivity index (χ0n) is 11.5. The fourth-order valence-electron chi connectivity index (χ4n) is 1.31. The molecule has 1 aromatic carbocycles. The van der Waals surface area contributed by atoms with Gasteiger partial charge in [-0.05, 0) is 39.9 Å². The van der Waals surface area contributed by atoms with Gasteiger partial charge < -0.3 is 4.52 Å². The van der Waals surface area contributed by atoms with Crippen molar-refractivity contribution < 1.29 is 13.6 Å². The van der Waals surface area contributed by atoms with E-state index < -0.39 is 6.72 Å². The molecule has 0 aliphatic heterocycles. The second-order valence-electron chi connectivity index (χ2n) is 4.50. The first-order valence-corrected chi connectivity index (χ1v) is 9.04. The molecule has 0 saturated heterocycles. The quantitative estimate of drug-likeness (QED) is 0.570. The van der Waals surface area contributed by atoms with Crippen LogP contribution in [0.2, 0.25) is 0 Å². The van der Waals surface area contributed by atoms with E-state index in [0.717, 1.165) is 5.56 Å². The highest BCUT2D eigenvalue weighted by Gasteiger charge is 2.27. The van der Waals surface area contributed by atoms with E-state index in [1.807, 2.05) is 58.0 Å². The Morgan fingerprint density at radius 1 is 1.00 bits per heavy atom. The van der Waals surface area contributed by atoms with Crippen molar-refractivity contribution in [1.29, 1.82) is 0 Å². The van der Waals surface area contributed by atoms with Gasteiger partial charge >= 0.3 is 6.72 Å². The van der Waals surface area contributed by atoms with Crippen LogP contribution in [0.3, 0.4) is 0 Å². The summed E-state index contributed by atoms with van der Waals surface area (Å²) in [7, 11) is 0. The second-order valence-corrected chi connectivity index (χ2v) is 7.71. The molecule has 3 nitrogen and oxygen atoms in total. The van der Waals surface area contributed by atoms with Crippen LogP contribution in [0.15, 0.2) is 30.3 Å². The van der Waals surface area contributed by atoms with Crippen LogP contribution in [-0.2, 0) is 25.4 Å². The molecule has 0 amide bonds. The zero-order chi connectivity index (χ0) is 14.5. The summed E-state index contributed by atoms with van der Waals surface area (Å²) in [6.45, 7) is 4.69. The van der Waals surface area contributed by atoms with E-state index in [9.17, 15) is 0 Å². The number of thiocarbonyl (C=S) groups is 1. The fourth-order valence-corrected chi connectivity index (χ4v) is 4.62. The van der Waals surface area contributed by atoms with E-state index in [-0.39, 0.29) is 12.2 Å². The fraction of sp³-hybridized carbons (Fsp3) is 0.462. The summed E-state index contributed by atoms with van der Waals surface area (Å²) in [5, 5.41) is 0.310. The van der Waals surface area contributed by atoms with Crippen LogP contribution < -0.4 is 0 Å². The molecule has 1 aromatic rings.